The maximum absolute atomic E-state index is 13.7. The fourth-order valence-corrected chi connectivity index (χ4v) is 3.52. The first-order valence-electron chi connectivity index (χ1n) is 5.83. The molecule has 0 aromatic rings. The first kappa shape index (κ1) is 12.8. The highest BCUT2D eigenvalue weighted by Crippen LogP contribution is 2.36. The van der Waals surface area contributed by atoms with Crippen LogP contribution in [0.4, 0.5) is 8.78 Å². The summed E-state index contributed by atoms with van der Waals surface area (Å²) in [4.78, 5) is 11.5. The number of nitrogens with two attached hydrogens (primary N) is 1. The average molecular weight is 259 g/mol. The predicted octanol–water partition coefficient (Wildman–Crippen LogP) is 2.45. The molecule has 1 aliphatic carbocycles. The van der Waals surface area contributed by atoms with Gasteiger partial charge in [-0.2, -0.15) is 0 Å². The van der Waals surface area contributed by atoms with Crippen molar-refractivity contribution in [1.29, 1.82) is 0 Å². The van der Waals surface area contributed by atoms with Gasteiger partial charge in [-0.3, -0.25) is 4.79 Å². The van der Waals surface area contributed by atoms with E-state index in [1.54, 1.807) is 12.2 Å². The normalized spacial score (nSPS) is 36.4. The van der Waals surface area contributed by atoms with Crippen molar-refractivity contribution in [2.24, 2.45) is 11.7 Å². The number of hydrogen-bond acceptors (Lipinski definition) is 2. The van der Waals surface area contributed by atoms with Crippen LogP contribution < -0.4 is 5.73 Å². The molecule has 94 valence electrons. The molecule has 1 fully saturated rings. The van der Waals surface area contributed by atoms with Gasteiger partial charge in [-0.15, -0.1) is 0 Å². The summed E-state index contributed by atoms with van der Waals surface area (Å²) in [6.07, 6.45) is 3.78. The van der Waals surface area contributed by atoms with Crippen LogP contribution in [0.25, 0.3) is 0 Å². The number of rotatable bonds is 1. The minimum Gasteiger partial charge on any atom is -0.321 e. The molecule has 2 rings (SSSR count). The number of hydrogen-bond donors (Lipinski definition) is 1. The molecule has 5 heteroatoms. The third-order valence-corrected chi connectivity index (χ3v) is 4.73. The molecule has 2 nitrogen and oxygen atoms in total. The molecule has 1 heterocycles. The summed E-state index contributed by atoms with van der Waals surface area (Å²) in [5, 5.41) is 0. The summed E-state index contributed by atoms with van der Waals surface area (Å²) < 4.78 is 27.0. The van der Waals surface area contributed by atoms with Crippen molar-refractivity contribution in [3.63, 3.8) is 0 Å². The van der Waals surface area contributed by atoms with E-state index >= 15 is 0 Å². The van der Waals surface area contributed by atoms with Gasteiger partial charge in [0.15, 0.2) is 11.7 Å². The second kappa shape index (κ2) is 5.36. The third kappa shape index (κ3) is 2.80. The number of carbonyl (C=O) groups excluding carboxylic acids is 1. The minimum atomic E-state index is -1.51. The van der Waals surface area contributed by atoms with Gasteiger partial charge in [0.05, 0.1) is 6.04 Å². The van der Waals surface area contributed by atoms with Crippen molar-refractivity contribution >= 4 is 14.1 Å². The highest BCUT2D eigenvalue weighted by atomic mass is 31.1. The summed E-state index contributed by atoms with van der Waals surface area (Å²) >= 11 is 0. The first-order valence-corrected chi connectivity index (χ1v) is 7.03. The van der Waals surface area contributed by atoms with Gasteiger partial charge in [0.25, 0.3) is 0 Å². The molecule has 17 heavy (non-hydrogen) atoms. The summed E-state index contributed by atoms with van der Waals surface area (Å²) in [6.45, 7) is 0. The molecule has 0 aromatic heterocycles. The van der Waals surface area contributed by atoms with E-state index in [0.717, 1.165) is 0 Å². The average Bonchev–Trinajstić information content (AvgIpc) is 2.47. The van der Waals surface area contributed by atoms with Gasteiger partial charge in [-0.05, 0) is 39.1 Å². The largest absolute Gasteiger partial charge is 0.321 e. The fourth-order valence-electron chi connectivity index (χ4n) is 2.24. The number of halogens is 2. The van der Waals surface area contributed by atoms with Crippen LogP contribution in [0.3, 0.4) is 0 Å². The Morgan fingerprint density at radius 3 is 2.94 bits per heavy atom. The number of carbonyl (C=O) groups is 1. The molecule has 4 atom stereocenters. The zero-order chi connectivity index (χ0) is 12.4. The summed E-state index contributed by atoms with van der Waals surface area (Å²) in [5.74, 6) is -0.703. The molecule has 0 spiro atoms. The Bertz CT molecular complexity index is 381. The molecule has 2 aliphatic rings. The predicted molar refractivity (Wildman–Crippen MR) is 65.7 cm³/mol. The molecular weight excluding hydrogens is 243 g/mol. The lowest BCUT2D eigenvalue weighted by Crippen LogP contribution is -2.26. The van der Waals surface area contributed by atoms with Gasteiger partial charge in [-0.1, -0.05) is 12.2 Å². The maximum Gasteiger partial charge on any atom is 0.167 e. The lowest BCUT2D eigenvalue weighted by Gasteiger charge is -2.20. The summed E-state index contributed by atoms with van der Waals surface area (Å²) in [5.41, 5.74) is 6.19. The molecule has 2 N–H and O–H groups in total. The molecule has 1 saturated heterocycles. The Morgan fingerprint density at radius 2 is 2.18 bits per heavy atom. The highest BCUT2D eigenvalue weighted by molar-refractivity contribution is 7.58. The fraction of sp³-hybridized carbons (Fsp3) is 0.583. The third-order valence-electron chi connectivity index (χ3n) is 3.32. The van der Waals surface area contributed by atoms with Crippen molar-refractivity contribution in [3.8, 4) is 0 Å². The SMILES string of the molecule is N[C@@H]1CC[C@@H](C2=C(F)C(F)CC=C2)CPC1=O. The van der Waals surface area contributed by atoms with Crippen LogP contribution in [0.2, 0.25) is 0 Å². The van der Waals surface area contributed by atoms with E-state index in [1.807, 2.05) is 0 Å². The van der Waals surface area contributed by atoms with E-state index in [4.69, 9.17) is 5.73 Å². The van der Waals surface area contributed by atoms with Crippen molar-refractivity contribution in [2.75, 3.05) is 6.16 Å². The van der Waals surface area contributed by atoms with Crippen molar-refractivity contribution < 1.29 is 13.6 Å². The van der Waals surface area contributed by atoms with E-state index < -0.39 is 18.0 Å². The topological polar surface area (TPSA) is 43.1 Å². The minimum absolute atomic E-state index is 0.0550. The van der Waals surface area contributed by atoms with Crippen LogP contribution in [-0.4, -0.2) is 23.9 Å². The second-order valence-corrected chi connectivity index (χ2v) is 5.79. The Kier molecular flexibility index (Phi) is 4.05. The maximum atomic E-state index is 13.7. The highest BCUT2D eigenvalue weighted by Gasteiger charge is 2.29. The Hall–Kier alpha value is -0.600. The van der Waals surface area contributed by atoms with E-state index in [2.05, 4.69) is 0 Å². The van der Waals surface area contributed by atoms with E-state index in [1.165, 1.54) is 0 Å². The zero-order valence-electron chi connectivity index (χ0n) is 9.46. The van der Waals surface area contributed by atoms with E-state index in [0.29, 0.717) is 24.6 Å². The molecule has 0 bridgehead atoms. The number of alkyl halides is 1. The monoisotopic (exact) mass is 259 g/mol. The molecule has 0 amide bonds. The Morgan fingerprint density at radius 1 is 1.41 bits per heavy atom. The van der Waals surface area contributed by atoms with Gasteiger partial charge >= 0.3 is 0 Å². The molecular formula is C12H16F2NOP. The lowest BCUT2D eigenvalue weighted by molar-refractivity contribution is -0.112. The number of allylic oxidation sites excluding steroid dienone is 4. The van der Waals surface area contributed by atoms with Crippen LogP contribution in [0.5, 0.6) is 0 Å². The van der Waals surface area contributed by atoms with Gasteiger partial charge < -0.3 is 5.73 Å². The Labute approximate surface area is 101 Å². The Balaban J connectivity index is 2.15. The van der Waals surface area contributed by atoms with E-state index in [-0.39, 0.29) is 26.4 Å². The lowest BCUT2D eigenvalue weighted by atomic mass is 9.89. The summed E-state index contributed by atoms with van der Waals surface area (Å²) in [7, 11) is 0.114. The van der Waals surface area contributed by atoms with Gasteiger partial charge in [0.2, 0.25) is 0 Å². The first-order chi connectivity index (χ1) is 8.09. The van der Waals surface area contributed by atoms with E-state index in [9.17, 15) is 13.6 Å². The van der Waals surface area contributed by atoms with Gasteiger partial charge in [0, 0.05) is 6.42 Å². The standard InChI is InChI=1S/C12H16F2NOP/c13-9-3-1-2-8(11(9)14)7-4-5-10(15)12(16)17-6-7/h1-2,7,9-10,17H,3-6,15H2/t7-,9?,10-/m1/s1. The smallest absolute Gasteiger partial charge is 0.167 e. The molecule has 0 aromatic carbocycles. The van der Waals surface area contributed by atoms with Crippen LogP contribution in [0.15, 0.2) is 23.6 Å². The zero-order valence-corrected chi connectivity index (χ0v) is 10.5. The van der Waals surface area contributed by atoms with Gasteiger partial charge in [-0.25, -0.2) is 8.78 Å². The van der Waals surface area contributed by atoms with Crippen molar-refractivity contribution in [3.05, 3.63) is 23.6 Å². The quantitative estimate of drug-likeness (QED) is 0.735. The molecule has 0 radical (unpaired) electrons. The molecule has 0 saturated carbocycles. The van der Waals surface area contributed by atoms with Crippen LogP contribution in [0, 0.1) is 5.92 Å². The summed E-state index contributed by atoms with van der Waals surface area (Å²) in [6, 6.07) is -0.421. The van der Waals surface area contributed by atoms with Crippen LogP contribution in [0.1, 0.15) is 19.3 Å². The van der Waals surface area contributed by atoms with Crippen molar-refractivity contribution in [2.45, 2.75) is 31.5 Å². The molecule has 2 unspecified atom stereocenters. The van der Waals surface area contributed by atoms with Crippen molar-refractivity contribution in [1.82, 2.24) is 0 Å². The van der Waals surface area contributed by atoms with Gasteiger partial charge in [0.1, 0.15) is 5.83 Å². The molecule has 1 aliphatic heterocycles. The van der Waals surface area contributed by atoms with Crippen LogP contribution >= 0.6 is 8.58 Å². The van der Waals surface area contributed by atoms with Crippen LogP contribution in [-0.2, 0) is 4.79 Å². The second-order valence-electron chi connectivity index (χ2n) is 4.53.